The molecule has 0 unspecified atom stereocenters. The summed E-state index contributed by atoms with van der Waals surface area (Å²) in [6, 6.07) is 6.56. The maximum atomic E-state index is 3.59. The number of hydrogen-bond donors (Lipinski definition) is 1. The summed E-state index contributed by atoms with van der Waals surface area (Å²) in [5.74, 6) is 0. The largest absolute Gasteiger partial charge is 0.369 e. The van der Waals surface area contributed by atoms with E-state index in [2.05, 4.69) is 79.1 Å². The lowest BCUT2D eigenvalue weighted by Crippen LogP contribution is -2.41. The fourth-order valence-corrected chi connectivity index (χ4v) is 2.31. The molecule has 0 heterocycles. The lowest BCUT2D eigenvalue weighted by molar-refractivity contribution is 0.469. The van der Waals surface area contributed by atoms with Gasteiger partial charge in [-0.25, -0.2) is 0 Å². The van der Waals surface area contributed by atoms with Gasteiger partial charge in [0.05, 0.1) is 0 Å². The van der Waals surface area contributed by atoms with Crippen molar-refractivity contribution in [1.82, 2.24) is 5.32 Å². The molecule has 1 aromatic carbocycles. The zero-order valence-electron chi connectivity index (χ0n) is 12.9. The maximum Gasteiger partial charge on any atom is 0.0425 e. The molecule has 108 valence electrons. The van der Waals surface area contributed by atoms with Crippen LogP contribution in [-0.4, -0.2) is 19.1 Å². The molecule has 3 heteroatoms. The molecule has 1 aromatic rings. The highest BCUT2D eigenvalue weighted by atomic mass is 79.9. The van der Waals surface area contributed by atoms with Crippen molar-refractivity contribution in [1.29, 1.82) is 0 Å². The molecule has 2 nitrogen and oxygen atoms in total. The van der Waals surface area contributed by atoms with Gasteiger partial charge in [-0.2, -0.15) is 0 Å². The number of hydrogen-bond acceptors (Lipinski definition) is 2. The van der Waals surface area contributed by atoms with Crippen LogP contribution in [0.1, 0.15) is 46.1 Å². The van der Waals surface area contributed by atoms with Crippen molar-refractivity contribution in [3.8, 4) is 0 Å². The zero-order valence-corrected chi connectivity index (χ0v) is 14.5. The first-order valence-corrected chi connectivity index (χ1v) is 7.94. The molecule has 0 aliphatic carbocycles. The molecule has 0 aliphatic rings. The Morgan fingerprint density at radius 1 is 1.26 bits per heavy atom. The third kappa shape index (κ3) is 4.50. The van der Waals surface area contributed by atoms with Gasteiger partial charge in [-0.15, -0.1) is 0 Å². The Kier molecular flexibility index (Phi) is 6.34. The highest BCUT2D eigenvalue weighted by Crippen LogP contribution is 2.30. The second-order valence-corrected chi connectivity index (χ2v) is 6.59. The van der Waals surface area contributed by atoms with Crippen LogP contribution in [0.3, 0.4) is 0 Å². The molecule has 0 aromatic heterocycles. The number of anilines is 1. The van der Waals surface area contributed by atoms with Gasteiger partial charge in [0.1, 0.15) is 0 Å². The summed E-state index contributed by atoms with van der Waals surface area (Å²) in [5.41, 5.74) is 2.84. The Morgan fingerprint density at radius 2 is 1.95 bits per heavy atom. The Bertz CT molecular complexity index is 402. The van der Waals surface area contributed by atoms with E-state index in [1.54, 1.807) is 0 Å². The number of nitrogens with zero attached hydrogens (tertiary/aromatic N) is 1. The van der Waals surface area contributed by atoms with Gasteiger partial charge in [-0.1, -0.05) is 35.8 Å². The molecule has 0 fully saturated rings. The standard InChI is InChI=1S/C16H27BrN2/c1-6-10-18-12-13-8-9-14(17)11-15(13)19(5)16(3,4)7-2/h8-9,11,18H,6-7,10,12H2,1-5H3. The molecule has 1 rings (SSSR count). The summed E-state index contributed by atoms with van der Waals surface area (Å²) < 4.78 is 1.14. The molecular formula is C16H27BrN2. The fraction of sp³-hybridized carbons (Fsp3) is 0.625. The van der Waals surface area contributed by atoms with Crippen molar-refractivity contribution in [2.24, 2.45) is 0 Å². The van der Waals surface area contributed by atoms with Crippen molar-refractivity contribution in [3.63, 3.8) is 0 Å². The molecule has 19 heavy (non-hydrogen) atoms. The van der Waals surface area contributed by atoms with E-state index in [4.69, 9.17) is 0 Å². The summed E-state index contributed by atoms with van der Waals surface area (Å²) >= 11 is 3.59. The highest BCUT2D eigenvalue weighted by molar-refractivity contribution is 9.10. The molecule has 1 N–H and O–H groups in total. The van der Waals surface area contributed by atoms with E-state index in [1.807, 2.05) is 0 Å². The van der Waals surface area contributed by atoms with E-state index in [0.29, 0.717) is 0 Å². The first kappa shape index (κ1) is 16.5. The quantitative estimate of drug-likeness (QED) is 0.738. The summed E-state index contributed by atoms with van der Waals surface area (Å²) in [6.07, 6.45) is 2.29. The van der Waals surface area contributed by atoms with Gasteiger partial charge >= 0.3 is 0 Å². The Labute approximate surface area is 126 Å². The molecule has 0 radical (unpaired) electrons. The second-order valence-electron chi connectivity index (χ2n) is 5.67. The zero-order chi connectivity index (χ0) is 14.5. The van der Waals surface area contributed by atoms with Gasteiger partial charge in [-0.05, 0) is 50.9 Å². The second kappa shape index (κ2) is 7.30. The minimum atomic E-state index is 0.167. The number of nitrogens with one attached hydrogen (secondary N) is 1. The number of benzene rings is 1. The monoisotopic (exact) mass is 326 g/mol. The van der Waals surface area contributed by atoms with E-state index in [0.717, 1.165) is 24.0 Å². The molecule has 0 bridgehead atoms. The van der Waals surface area contributed by atoms with Gasteiger partial charge < -0.3 is 10.2 Å². The van der Waals surface area contributed by atoms with E-state index < -0.39 is 0 Å². The van der Waals surface area contributed by atoms with Crippen LogP contribution in [0, 0.1) is 0 Å². The summed E-state index contributed by atoms with van der Waals surface area (Å²) in [5, 5.41) is 3.49. The summed E-state index contributed by atoms with van der Waals surface area (Å²) in [7, 11) is 2.19. The average molecular weight is 327 g/mol. The Morgan fingerprint density at radius 3 is 2.53 bits per heavy atom. The predicted molar refractivity (Wildman–Crippen MR) is 88.9 cm³/mol. The van der Waals surface area contributed by atoms with Crippen LogP contribution in [0.2, 0.25) is 0 Å². The lowest BCUT2D eigenvalue weighted by atomic mass is 9.98. The van der Waals surface area contributed by atoms with Crippen molar-refractivity contribution in [3.05, 3.63) is 28.2 Å². The summed E-state index contributed by atoms with van der Waals surface area (Å²) in [4.78, 5) is 2.39. The first-order valence-electron chi connectivity index (χ1n) is 7.15. The van der Waals surface area contributed by atoms with Crippen molar-refractivity contribution in [2.45, 2.75) is 52.6 Å². The summed E-state index contributed by atoms with van der Waals surface area (Å²) in [6.45, 7) is 11.0. The lowest BCUT2D eigenvalue weighted by Gasteiger charge is -2.38. The van der Waals surface area contributed by atoms with Crippen molar-refractivity contribution >= 4 is 21.6 Å². The predicted octanol–water partition coefficient (Wildman–Crippen LogP) is 4.57. The van der Waals surface area contributed by atoms with Crippen LogP contribution in [-0.2, 0) is 6.54 Å². The Balaban J connectivity index is 2.99. The molecule has 0 saturated carbocycles. The van der Waals surface area contributed by atoms with Crippen LogP contribution in [0.15, 0.2) is 22.7 Å². The Hall–Kier alpha value is -0.540. The number of halogens is 1. The third-order valence-corrected chi connectivity index (χ3v) is 4.42. The average Bonchev–Trinajstić information content (AvgIpc) is 2.39. The van der Waals surface area contributed by atoms with Gasteiger partial charge in [0.15, 0.2) is 0 Å². The van der Waals surface area contributed by atoms with E-state index in [1.165, 1.54) is 17.7 Å². The molecular weight excluding hydrogens is 300 g/mol. The SMILES string of the molecule is CCCNCc1ccc(Br)cc1N(C)C(C)(C)CC. The van der Waals surface area contributed by atoms with E-state index in [-0.39, 0.29) is 5.54 Å². The smallest absolute Gasteiger partial charge is 0.0425 e. The molecule has 0 saturated heterocycles. The van der Waals surface area contributed by atoms with Gasteiger partial charge in [-0.3, -0.25) is 0 Å². The van der Waals surface area contributed by atoms with Crippen LogP contribution in [0.4, 0.5) is 5.69 Å². The first-order chi connectivity index (χ1) is 8.92. The van der Waals surface area contributed by atoms with Crippen LogP contribution in [0.5, 0.6) is 0 Å². The van der Waals surface area contributed by atoms with Gasteiger partial charge in [0, 0.05) is 29.3 Å². The fourth-order valence-electron chi connectivity index (χ4n) is 1.96. The maximum absolute atomic E-state index is 3.59. The minimum absolute atomic E-state index is 0.167. The topological polar surface area (TPSA) is 15.3 Å². The van der Waals surface area contributed by atoms with Crippen LogP contribution < -0.4 is 10.2 Å². The van der Waals surface area contributed by atoms with Crippen LogP contribution >= 0.6 is 15.9 Å². The minimum Gasteiger partial charge on any atom is -0.369 e. The highest BCUT2D eigenvalue weighted by Gasteiger charge is 2.23. The van der Waals surface area contributed by atoms with Gasteiger partial charge in [0.25, 0.3) is 0 Å². The number of rotatable bonds is 7. The van der Waals surface area contributed by atoms with E-state index >= 15 is 0 Å². The van der Waals surface area contributed by atoms with E-state index in [9.17, 15) is 0 Å². The molecule has 0 aliphatic heterocycles. The van der Waals surface area contributed by atoms with Crippen LogP contribution in [0.25, 0.3) is 0 Å². The normalized spacial score (nSPS) is 11.7. The molecule has 0 atom stereocenters. The van der Waals surface area contributed by atoms with Crippen molar-refractivity contribution in [2.75, 3.05) is 18.5 Å². The molecule has 0 spiro atoms. The molecule has 0 amide bonds. The van der Waals surface area contributed by atoms with Gasteiger partial charge in [0.2, 0.25) is 0 Å². The van der Waals surface area contributed by atoms with Crippen molar-refractivity contribution < 1.29 is 0 Å². The third-order valence-electron chi connectivity index (χ3n) is 3.92.